The van der Waals surface area contributed by atoms with E-state index >= 15 is 0 Å². The van der Waals surface area contributed by atoms with Gasteiger partial charge in [-0.25, -0.2) is 0 Å². The second-order valence-corrected chi connectivity index (χ2v) is 5.59. The van der Waals surface area contributed by atoms with Gasteiger partial charge in [-0.2, -0.15) is 5.26 Å². The van der Waals surface area contributed by atoms with Gasteiger partial charge in [-0.1, -0.05) is 13.8 Å². The summed E-state index contributed by atoms with van der Waals surface area (Å²) in [5.41, 5.74) is 6.02. The molecular weight excluding hydrogens is 256 g/mol. The molecule has 0 aliphatic heterocycles. The number of nitro benzene ring substituents is 1. The monoisotopic (exact) mass is 276 g/mol. The van der Waals surface area contributed by atoms with Crippen LogP contribution in [0.2, 0.25) is 0 Å². The standard InChI is InChI=1S/C14H20N4O2/c1-10(2)7-14(3,9-16)17-12-6-11(8-15)4-5-13(12)18(19)20/h4-6,10,17H,7,9,16H2,1-3H3. The lowest BCUT2D eigenvalue weighted by Gasteiger charge is -2.32. The van der Waals surface area contributed by atoms with Crippen LogP contribution in [0, 0.1) is 27.4 Å². The topological polar surface area (TPSA) is 105 Å². The van der Waals surface area contributed by atoms with Crippen molar-refractivity contribution in [2.24, 2.45) is 11.7 Å². The number of nitrogens with zero attached hydrogens (tertiary/aromatic N) is 2. The van der Waals surface area contributed by atoms with Crippen LogP contribution in [0.3, 0.4) is 0 Å². The van der Waals surface area contributed by atoms with Crippen LogP contribution in [0.1, 0.15) is 32.8 Å². The lowest BCUT2D eigenvalue weighted by Crippen LogP contribution is -2.43. The van der Waals surface area contributed by atoms with Crippen LogP contribution >= 0.6 is 0 Å². The summed E-state index contributed by atoms with van der Waals surface area (Å²) in [5.74, 6) is 0.397. The van der Waals surface area contributed by atoms with Crippen molar-refractivity contribution in [3.63, 3.8) is 0 Å². The Balaban J connectivity index is 3.17. The van der Waals surface area contributed by atoms with Crippen LogP contribution in [0.25, 0.3) is 0 Å². The molecule has 1 aromatic rings. The summed E-state index contributed by atoms with van der Waals surface area (Å²) in [6.07, 6.45) is 0.775. The van der Waals surface area contributed by atoms with Gasteiger partial charge in [0.1, 0.15) is 5.69 Å². The predicted octanol–water partition coefficient (Wildman–Crippen LogP) is 2.64. The first-order valence-corrected chi connectivity index (χ1v) is 6.48. The Morgan fingerprint density at radius 2 is 2.20 bits per heavy atom. The van der Waals surface area contributed by atoms with E-state index in [1.165, 1.54) is 18.2 Å². The number of benzene rings is 1. The van der Waals surface area contributed by atoms with Crippen LogP contribution in [-0.2, 0) is 0 Å². The Morgan fingerprint density at radius 3 is 2.65 bits per heavy atom. The van der Waals surface area contributed by atoms with E-state index < -0.39 is 10.5 Å². The van der Waals surface area contributed by atoms with Gasteiger partial charge in [0.2, 0.25) is 0 Å². The minimum Gasteiger partial charge on any atom is -0.373 e. The third kappa shape index (κ3) is 3.93. The molecule has 0 spiro atoms. The Bertz CT molecular complexity index is 536. The zero-order valence-corrected chi connectivity index (χ0v) is 12.0. The summed E-state index contributed by atoms with van der Waals surface area (Å²) in [7, 11) is 0. The molecule has 6 heteroatoms. The van der Waals surface area contributed by atoms with Gasteiger partial charge in [0, 0.05) is 18.2 Å². The molecule has 0 saturated carbocycles. The van der Waals surface area contributed by atoms with Gasteiger partial charge in [0.25, 0.3) is 5.69 Å². The summed E-state index contributed by atoms with van der Waals surface area (Å²) >= 11 is 0. The van der Waals surface area contributed by atoms with Crippen LogP contribution in [0.4, 0.5) is 11.4 Å². The number of nitrogens with one attached hydrogen (secondary N) is 1. The highest BCUT2D eigenvalue weighted by Gasteiger charge is 2.27. The fourth-order valence-corrected chi connectivity index (χ4v) is 2.28. The molecule has 0 bridgehead atoms. The molecule has 0 aliphatic carbocycles. The molecule has 0 radical (unpaired) electrons. The van der Waals surface area contributed by atoms with Crippen molar-refractivity contribution in [2.45, 2.75) is 32.7 Å². The highest BCUT2D eigenvalue weighted by molar-refractivity contribution is 5.65. The summed E-state index contributed by atoms with van der Waals surface area (Å²) in [4.78, 5) is 10.6. The van der Waals surface area contributed by atoms with Crippen LogP contribution in [0.15, 0.2) is 18.2 Å². The lowest BCUT2D eigenvalue weighted by atomic mass is 9.90. The van der Waals surface area contributed by atoms with Gasteiger partial charge in [-0.3, -0.25) is 10.1 Å². The molecule has 0 aromatic heterocycles. The maximum Gasteiger partial charge on any atom is 0.292 e. The Morgan fingerprint density at radius 1 is 1.55 bits per heavy atom. The van der Waals surface area contributed by atoms with Crippen molar-refractivity contribution in [1.29, 1.82) is 5.26 Å². The minimum atomic E-state index is -0.463. The quantitative estimate of drug-likeness (QED) is 0.613. The summed E-state index contributed by atoms with van der Waals surface area (Å²) < 4.78 is 0. The number of nitrogens with two attached hydrogens (primary N) is 1. The van der Waals surface area contributed by atoms with E-state index in [1.54, 1.807) is 0 Å². The molecule has 20 heavy (non-hydrogen) atoms. The summed E-state index contributed by atoms with van der Waals surface area (Å²) in [5, 5.41) is 23.1. The predicted molar refractivity (Wildman–Crippen MR) is 78.3 cm³/mol. The highest BCUT2D eigenvalue weighted by atomic mass is 16.6. The van der Waals surface area contributed by atoms with E-state index in [0.717, 1.165) is 6.42 Å². The van der Waals surface area contributed by atoms with Crippen molar-refractivity contribution in [3.05, 3.63) is 33.9 Å². The third-order valence-corrected chi connectivity index (χ3v) is 3.07. The molecule has 1 unspecified atom stereocenters. The van der Waals surface area contributed by atoms with Gasteiger partial charge in [-0.15, -0.1) is 0 Å². The Kier molecular flexibility index (Phi) is 5.06. The summed E-state index contributed by atoms with van der Waals surface area (Å²) in [6, 6.07) is 6.25. The number of hydrogen-bond acceptors (Lipinski definition) is 5. The fourth-order valence-electron chi connectivity index (χ4n) is 2.28. The summed E-state index contributed by atoms with van der Waals surface area (Å²) in [6.45, 7) is 6.40. The Hall–Kier alpha value is -2.13. The van der Waals surface area contributed by atoms with Crippen molar-refractivity contribution >= 4 is 11.4 Å². The molecule has 0 heterocycles. The molecule has 1 aromatic carbocycles. The van der Waals surface area contributed by atoms with E-state index in [0.29, 0.717) is 23.7 Å². The maximum atomic E-state index is 11.1. The molecule has 108 valence electrons. The maximum absolute atomic E-state index is 11.1. The largest absolute Gasteiger partial charge is 0.373 e. The molecule has 1 rings (SSSR count). The molecular formula is C14H20N4O2. The first-order chi connectivity index (χ1) is 9.31. The van der Waals surface area contributed by atoms with Crippen molar-refractivity contribution in [2.75, 3.05) is 11.9 Å². The average molecular weight is 276 g/mol. The number of anilines is 1. The van der Waals surface area contributed by atoms with Crippen LogP contribution < -0.4 is 11.1 Å². The molecule has 1 atom stereocenters. The van der Waals surface area contributed by atoms with Crippen molar-refractivity contribution in [3.8, 4) is 6.07 Å². The van der Waals surface area contributed by atoms with E-state index in [1.807, 2.05) is 13.0 Å². The zero-order valence-electron chi connectivity index (χ0n) is 12.0. The normalized spacial score (nSPS) is 13.6. The molecule has 3 N–H and O–H groups in total. The average Bonchev–Trinajstić information content (AvgIpc) is 2.37. The van der Waals surface area contributed by atoms with Gasteiger partial charge in [0.05, 0.1) is 16.6 Å². The first-order valence-electron chi connectivity index (χ1n) is 6.48. The van der Waals surface area contributed by atoms with Gasteiger partial charge in [0.15, 0.2) is 0 Å². The number of hydrogen-bond donors (Lipinski definition) is 2. The second-order valence-electron chi connectivity index (χ2n) is 5.59. The number of rotatable bonds is 6. The second kappa shape index (κ2) is 6.35. The lowest BCUT2D eigenvalue weighted by molar-refractivity contribution is -0.384. The van der Waals surface area contributed by atoms with E-state index in [-0.39, 0.29) is 5.69 Å². The fraction of sp³-hybridized carbons (Fsp3) is 0.500. The number of nitriles is 1. The van der Waals surface area contributed by atoms with E-state index in [9.17, 15) is 10.1 Å². The highest BCUT2D eigenvalue weighted by Crippen LogP contribution is 2.30. The SMILES string of the molecule is CC(C)CC(C)(CN)Nc1cc(C#N)ccc1[N+](=O)[O-]. The third-order valence-electron chi connectivity index (χ3n) is 3.07. The Labute approximate surface area is 118 Å². The number of nitro groups is 1. The van der Waals surface area contributed by atoms with Crippen molar-refractivity contribution < 1.29 is 4.92 Å². The smallest absolute Gasteiger partial charge is 0.292 e. The van der Waals surface area contributed by atoms with Crippen LogP contribution in [0.5, 0.6) is 0 Å². The minimum absolute atomic E-state index is 0.0487. The molecule has 6 nitrogen and oxygen atoms in total. The molecule has 0 saturated heterocycles. The van der Waals surface area contributed by atoms with E-state index in [4.69, 9.17) is 11.0 Å². The van der Waals surface area contributed by atoms with Crippen molar-refractivity contribution in [1.82, 2.24) is 0 Å². The van der Waals surface area contributed by atoms with Gasteiger partial charge >= 0.3 is 0 Å². The van der Waals surface area contributed by atoms with E-state index in [2.05, 4.69) is 19.2 Å². The molecule has 0 amide bonds. The zero-order chi connectivity index (χ0) is 15.3. The molecule has 0 aliphatic rings. The van der Waals surface area contributed by atoms with Gasteiger partial charge < -0.3 is 11.1 Å². The first kappa shape index (κ1) is 15.9. The molecule has 0 fully saturated rings. The van der Waals surface area contributed by atoms with Crippen LogP contribution in [-0.4, -0.2) is 17.0 Å². The van der Waals surface area contributed by atoms with Gasteiger partial charge in [-0.05, 0) is 31.4 Å².